The highest BCUT2D eigenvalue weighted by Crippen LogP contribution is 2.18. The first kappa shape index (κ1) is 13.6. The van der Waals surface area contributed by atoms with Crippen molar-refractivity contribution in [3.63, 3.8) is 0 Å². The topological polar surface area (TPSA) is 40.5 Å². The van der Waals surface area contributed by atoms with Gasteiger partial charge in [0.2, 0.25) is 0 Å². The second-order valence-corrected chi connectivity index (χ2v) is 5.69. The molecule has 0 fully saturated rings. The van der Waals surface area contributed by atoms with Crippen molar-refractivity contribution in [3.8, 4) is 5.75 Å². The van der Waals surface area contributed by atoms with Gasteiger partial charge in [-0.1, -0.05) is 12.1 Å². The van der Waals surface area contributed by atoms with Crippen LogP contribution in [0, 0.1) is 0 Å². The molecule has 0 saturated carbocycles. The molecule has 0 aliphatic rings. The molecule has 1 heterocycles. The van der Waals surface area contributed by atoms with Crippen molar-refractivity contribution < 1.29 is 9.90 Å². The van der Waals surface area contributed by atoms with Crippen LogP contribution in [0.5, 0.6) is 5.75 Å². The van der Waals surface area contributed by atoms with Gasteiger partial charge in [0.25, 0.3) is 5.91 Å². The Kier molecular flexibility index (Phi) is 4.22. The first-order valence-corrected chi connectivity index (χ1v) is 7.08. The Hall–Kier alpha value is -1.81. The number of benzene rings is 1. The first-order chi connectivity index (χ1) is 9.08. The summed E-state index contributed by atoms with van der Waals surface area (Å²) in [6, 6.07) is 10.6. The van der Waals surface area contributed by atoms with Gasteiger partial charge in [0, 0.05) is 16.5 Å². The van der Waals surface area contributed by atoms with E-state index >= 15 is 0 Å². The third-order valence-electron chi connectivity index (χ3n) is 2.88. The lowest BCUT2D eigenvalue weighted by atomic mass is 10.1. The van der Waals surface area contributed by atoms with Crippen LogP contribution in [-0.4, -0.2) is 22.0 Å². The number of hydrogen-bond donors (Lipinski definition) is 1. The van der Waals surface area contributed by atoms with Gasteiger partial charge in [0.15, 0.2) is 0 Å². The molecule has 19 heavy (non-hydrogen) atoms. The number of nitrogens with zero attached hydrogens (tertiary/aromatic N) is 1. The minimum Gasteiger partial charge on any atom is -0.508 e. The average molecular weight is 275 g/mol. The lowest BCUT2D eigenvalue weighted by Crippen LogP contribution is -2.36. The quantitative estimate of drug-likeness (QED) is 0.927. The predicted molar refractivity (Wildman–Crippen MR) is 77.4 cm³/mol. The van der Waals surface area contributed by atoms with Gasteiger partial charge in [-0.2, -0.15) is 0 Å². The summed E-state index contributed by atoms with van der Waals surface area (Å²) in [4.78, 5) is 15.4. The largest absolute Gasteiger partial charge is 0.508 e. The van der Waals surface area contributed by atoms with E-state index in [4.69, 9.17) is 0 Å². The molecule has 0 atom stereocenters. The lowest BCUT2D eigenvalue weighted by molar-refractivity contribution is 0.0692. The molecular formula is C15H17NO2S. The zero-order valence-corrected chi connectivity index (χ0v) is 11.9. The zero-order chi connectivity index (χ0) is 13.8. The van der Waals surface area contributed by atoms with E-state index in [1.807, 2.05) is 31.4 Å². The van der Waals surface area contributed by atoms with Crippen LogP contribution >= 0.6 is 11.3 Å². The second kappa shape index (κ2) is 5.89. The monoisotopic (exact) mass is 275 g/mol. The Balaban J connectivity index is 2.21. The van der Waals surface area contributed by atoms with E-state index in [9.17, 15) is 9.90 Å². The Morgan fingerprint density at radius 2 is 2.11 bits per heavy atom. The summed E-state index contributed by atoms with van der Waals surface area (Å²) in [7, 11) is 0. The number of rotatable bonds is 4. The molecule has 1 aromatic heterocycles. The summed E-state index contributed by atoms with van der Waals surface area (Å²) in [6.45, 7) is 4.59. The molecule has 0 bridgehead atoms. The van der Waals surface area contributed by atoms with Crippen LogP contribution in [0.25, 0.3) is 0 Å². The van der Waals surface area contributed by atoms with Gasteiger partial charge in [-0.05, 0) is 43.5 Å². The summed E-state index contributed by atoms with van der Waals surface area (Å²) in [5.41, 5.74) is 0.519. The number of phenolic OH excluding ortho intramolecular Hbond substituents is 1. The number of carbonyl (C=O) groups excluding carboxylic acids is 1. The van der Waals surface area contributed by atoms with E-state index in [1.54, 1.807) is 34.4 Å². The maximum absolute atomic E-state index is 12.5. The molecule has 0 saturated heterocycles. The maximum Gasteiger partial charge on any atom is 0.254 e. The van der Waals surface area contributed by atoms with Crippen molar-refractivity contribution in [2.24, 2.45) is 0 Å². The third kappa shape index (κ3) is 3.35. The van der Waals surface area contributed by atoms with Crippen LogP contribution in [0.15, 0.2) is 41.8 Å². The molecule has 1 N–H and O–H groups in total. The van der Waals surface area contributed by atoms with E-state index in [2.05, 4.69) is 0 Å². The summed E-state index contributed by atoms with van der Waals surface area (Å²) in [5.74, 6) is 0.0602. The second-order valence-electron chi connectivity index (χ2n) is 4.66. The van der Waals surface area contributed by atoms with Gasteiger partial charge in [-0.15, -0.1) is 11.3 Å². The maximum atomic E-state index is 12.5. The molecule has 3 nitrogen and oxygen atoms in total. The SMILES string of the molecule is CC(C)N(Cc1cccs1)C(=O)c1cccc(O)c1. The highest BCUT2D eigenvalue weighted by atomic mass is 32.1. The number of thiophene rings is 1. The summed E-state index contributed by atoms with van der Waals surface area (Å²) >= 11 is 1.64. The van der Waals surface area contributed by atoms with Crippen LogP contribution in [-0.2, 0) is 6.54 Å². The highest BCUT2D eigenvalue weighted by Gasteiger charge is 2.19. The number of hydrogen-bond acceptors (Lipinski definition) is 3. The van der Waals surface area contributed by atoms with E-state index in [-0.39, 0.29) is 17.7 Å². The van der Waals surface area contributed by atoms with E-state index in [0.717, 1.165) is 4.88 Å². The molecular weight excluding hydrogens is 258 g/mol. The highest BCUT2D eigenvalue weighted by molar-refractivity contribution is 7.09. The van der Waals surface area contributed by atoms with Gasteiger partial charge in [0.05, 0.1) is 6.54 Å². The Morgan fingerprint density at radius 3 is 2.68 bits per heavy atom. The Labute approximate surface area is 117 Å². The van der Waals surface area contributed by atoms with Crippen molar-refractivity contribution in [3.05, 3.63) is 52.2 Å². The number of aromatic hydroxyl groups is 1. The molecule has 2 aromatic rings. The molecule has 0 aliphatic heterocycles. The van der Waals surface area contributed by atoms with E-state index in [1.165, 1.54) is 6.07 Å². The molecule has 0 unspecified atom stereocenters. The Morgan fingerprint density at radius 1 is 1.32 bits per heavy atom. The molecule has 1 aromatic carbocycles. The van der Waals surface area contributed by atoms with E-state index in [0.29, 0.717) is 12.1 Å². The van der Waals surface area contributed by atoms with Crippen LogP contribution in [0.1, 0.15) is 29.1 Å². The van der Waals surface area contributed by atoms with Gasteiger partial charge in [-0.3, -0.25) is 4.79 Å². The smallest absolute Gasteiger partial charge is 0.254 e. The van der Waals surface area contributed by atoms with Crippen LogP contribution in [0.4, 0.5) is 0 Å². The number of phenols is 1. The fourth-order valence-corrected chi connectivity index (χ4v) is 2.57. The summed E-state index contributed by atoms with van der Waals surface area (Å²) in [5, 5.41) is 11.5. The summed E-state index contributed by atoms with van der Waals surface area (Å²) < 4.78 is 0. The van der Waals surface area contributed by atoms with Crippen molar-refractivity contribution in [1.29, 1.82) is 0 Å². The Bertz CT molecular complexity index is 549. The van der Waals surface area contributed by atoms with Gasteiger partial charge in [0.1, 0.15) is 5.75 Å². The van der Waals surface area contributed by atoms with Crippen LogP contribution in [0.2, 0.25) is 0 Å². The van der Waals surface area contributed by atoms with Gasteiger partial charge < -0.3 is 10.0 Å². The lowest BCUT2D eigenvalue weighted by Gasteiger charge is -2.26. The molecule has 0 radical (unpaired) electrons. The van der Waals surface area contributed by atoms with Gasteiger partial charge in [-0.25, -0.2) is 0 Å². The molecule has 1 amide bonds. The predicted octanol–water partition coefficient (Wildman–Crippen LogP) is 3.50. The van der Waals surface area contributed by atoms with Crippen molar-refractivity contribution in [2.75, 3.05) is 0 Å². The molecule has 0 aliphatic carbocycles. The summed E-state index contributed by atoms with van der Waals surface area (Å²) in [6.07, 6.45) is 0. The molecule has 2 rings (SSSR count). The standard InChI is InChI=1S/C15H17NO2S/c1-11(2)16(10-14-7-4-8-19-14)15(18)12-5-3-6-13(17)9-12/h3-9,11,17H,10H2,1-2H3. The minimum atomic E-state index is -0.0562. The normalized spacial score (nSPS) is 10.7. The zero-order valence-electron chi connectivity index (χ0n) is 11.0. The molecule has 100 valence electrons. The minimum absolute atomic E-state index is 0.0562. The first-order valence-electron chi connectivity index (χ1n) is 6.20. The van der Waals surface area contributed by atoms with E-state index < -0.39 is 0 Å². The number of carbonyl (C=O) groups is 1. The fraction of sp³-hybridized carbons (Fsp3) is 0.267. The molecule has 0 spiro atoms. The van der Waals surface area contributed by atoms with Crippen LogP contribution in [0.3, 0.4) is 0 Å². The average Bonchev–Trinajstić information content (AvgIpc) is 2.87. The third-order valence-corrected chi connectivity index (χ3v) is 3.74. The fourth-order valence-electron chi connectivity index (χ4n) is 1.86. The van der Waals surface area contributed by atoms with Gasteiger partial charge >= 0.3 is 0 Å². The van der Waals surface area contributed by atoms with Crippen LogP contribution < -0.4 is 0 Å². The molecule has 4 heteroatoms. The van der Waals surface area contributed by atoms with Crippen molar-refractivity contribution >= 4 is 17.2 Å². The van der Waals surface area contributed by atoms with Crippen molar-refractivity contribution in [1.82, 2.24) is 4.90 Å². The number of amides is 1. The van der Waals surface area contributed by atoms with Crippen molar-refractivity contribution in [2.45, 2.75) is 26.4 Å².